The lowest BCUT2D eigenvalue weighted by Crippen LogP contribution is -2.33. The Morgan fingerprint density at radius 2 is 1.91 bits per heavy atom. The maximum atomic E-state index is 12.9. The van der Waals surface area contributed by atoms with Gasteiger partial charge >= 0.3 is 6.18 Å². The Morgan fingerprint density at radius 1 is 1.12 bits per heavy atom. The number of aromatic nitrogens is 3. The van der Waals surface area contributed by atoms with Crippen molar-refractivity contribution in [3.05, 3.63) is 70.3 Å². The van der Waals surface area contributed by atoms with Crippen LogP contribution in [0.5, 0.6) is 0 Å². The second-order valence-corrected chi connectivity index (χ2v) is 8.51. The summed E-state index contributed by atoms with van der Waals surface area (Å²) >= 11 is 6.34. The highest BCUT2D eigenvalue weighted by Crippen LogP contribution is 2.33. The molecule has 3 aromatic rings. The standard InChI is InChI=1S/C23H21ClF3N5O/c24-18-2-1-10-28-22(18)32-11-9-17-19(12-32)30-20(13-33-16-7-8-16)31-21(17)29-15-5-3-14(4-6-15)23(25,26)27/h1-6,10,16H,7-9,11-13H2,(H,29,30,31). The van der Waals surface area contributed by atoms with E-state index in [1.54, 1.807) is 18.3 Å². The number of ether oxygens (including phenoxy) is 1. The zero-order valence-electron chi connectivity index (χ0n) is 17.6. The number of nitrogens with zero attached hydrogens (tertiary/aromatic N) is 4. The van der Waals surface area contributed by atoms with Crippen LogP contribution in [0.4, 0.5) is 30.5 Å². The first-order valence-electron chi connectivity index (χ1n) is 10.7. The fourth-order valence-electron chi connectivity index (χ4n) is 3.75. The molecule has 0 atom stereocenters. The first-order chi connectivity index (χ1) is 15.9. The molecule has 0 radical (unpaired) electrons. The fraction of sp³-hybridized carbons (Fsp3) is 0.348. The molecule has 5 rings (SSSR count). The van der Waals surface area contributed by atoms with Crippen molar-refractivity contribution in [2.75, 3.05) is 16.8 Å². The zero-order chi connectivity index (χ0) is 23.0. The van der Waals surface area contributed by atoms with Crippen molar-refractivity contribution in [2.45, 2.75) is 44.7 Å². The normalized spacial score (nSPS) is 15.9. The monoisotopic (exact) mass is 475 g/mol. The summed E-state index contributed by atoms with van der Waals surface area (Å²) in [6.45, 7) is 1.43. The maximum Gasteiger partial charge on any atom is 0.416 e. The summed E-state index contributed by atoms with van der Waals surface area (Å²) in [5.74, 6) is 1.81. The number of fused-ring (bicyclic) bond motifs is 1. The predicted molar refractivity (Wildman–Crippen MR) is 119 cm³/mol. The van der Waals surface area contributed by atoms with Crippen molar-refractivity contribution >= 4 is 28.9 Å². The van der Waals surface area contributed by atoms with Crippen LogP contribution in [-0.4, -0.2) is 27.6 Å². The third-order valence-electron chi connectivity index (χ3n) is 5.60. The van der Waals surface area contributed by atoms with Gasteiger partial charge in [-0.05, 0) is 55.7 Å². The summed E-state index contributed by atoms with van der Waals surface area (Å²) in [4.78, 5) is 15.8. The van der Waals surface area contributed by atoms with E-state index < -0.39 is 11.7 Å². The molecular weight excluding hydrogens is 455 g/mol. The second-order valence-electron chi connectivity index (χ2n) is 8.10. The van der Waals surface area contributed by atoms with Crippen LogP contribution >= 0.6 is 11.6 Å². The SMILES string of the molecule is FC(F)(F)c1ccc(Nc2nc(COC3CC3)nc3c2CCN(c2ncccc2Cl)C3)cc1. The average molecular weight is 476 g/mol. The highest BCUT2D eigenvalue weighted by atomic mass is 35.5. The number of alkyl halides is 3. The quantitative estimate of drug-likeness (QED) is 0.506. The van der Waals surface area contributed by atoms with Gasteiger partial charge in [-0.1, -0.05) is 11.6 Å². The van der Waals surface area contributed by atoms with Gasteiger partial charge < -0.3 is 15.0 Å². The molecule has 2 aliphatic rings. The summed E-state index contributed by atoms with van der Waals surface area (Å²) in [5.41, 5.74) is 1.57. The third kappa shape index (κ3) is 5.04. The molecule has 3 heterocycles. The van der Waals surface area contributed by atoms with E-state index in [-0.39, 0.29) is 12.7 Å². The number of hydrogen-bond acceptors (Lipinski definition) is 6. The van der Waals surface area contributed by atoms with E-state index in [1.807, 2.05) is 0 Å². The Hall–Kier alpha value is -2.91. The van der Waals surface area contributed by atoms with Crippen LogP contribution in [0, 0.1) is 0 Å². The van der Waals surface area contributed by atoms with Crippen LogP contribution in [0.15, 0.2) is 42.6 Å². The van der Waals surface area contributed by atoms with E-state index in [0.717, 1.165) is 36.2 Å². The third-order valence-corrected chi connectivity index (χ3v) is 5.89. The lowest BCUT2D eigenvalue weighted by molar-refractivity contribution is -0.137. The summed E-state index contributed by atoms with van der Waals surface area (Å²) in [6, 6.07) is 8.49. The minimum Gasteiger partial charge on any atom is -0.370 e. The van der Waals surface area contributed by atoms with Crippen molar-refractivity contribution in [3.63, 3.8) is 0 Å². The number of pyridine rings is 1. The molecule has 0 saturated heterocycles. The second kappa shape index (κ2) is 8.79. The van der Waals surface area contributed by atoms with Crippen LogP contribution in [0.25, 0.3) is 0 Å². The maximum absolute atomic E-state index is 12.9. The van der Waals surface area contributed by atoms with Gasteiger partial charge in [0.05, 0.1) is 28.9 Å². The predicted octanol–water partition coefficient (Wildman–Crippen LogP) is 5.53. The molecule has 1 N–H and O–H groups in total. The highest BCUT2D eigenvalue weighted by Gasteiger charge is 2.30. The van der Waals surface area contributed by atoms with Gasteiger partial charge in [0.1, 0.15) is 18.2 Å². The largest absolute Gasteiger partial charge is 0.416 e. The topological polar surface area (TPSA) is 63.2 Å². The molecule has 172 valence electrons. The first-order valence-corrected chi connectivity index (χ1v) is 11.0. The van der Waals surface area contributed by atoms with E-state index in [2.05, 4.69) is 20.2 Å². The summed E-state index contributed by atoms with van der Waals surface area (Å²) in [7, 11) is 0. The molecular formula is C23H21ClF3N5O. The van der Waals surface area contributed by atoms with Crippen molar-refractivity contribution < 1.29 is 17.9 Å². The molecule has 1 aromatic carbocycles. The molecule has 1 fully saturated rings. The molecule has 6 nitrogen and oxygen atoms in total. The van der Waals surface area contributed by atoms with Gasteiger partial charge in [-0.3, -0.25) is 0 Å². The van der Waals surface area contributed by atoms with Gasteiger partial charge in [0.25, 0.3) is 0 Å². The van der Waals surface area contributed by atoms with Gasteiger partial charge in [-0.25, -0.2) is 15.0 Å². The molecule has 10 heteroatoms. The number of nitrogens with one attached hydrogen (secondary N) is 1. The Balaban J connectivity index is 1.44. The summed E-state index contributed by atoms with van der Waals surface area (Å²) in [6.07, 6.45) is 0.273. The molecule has 1 aliphatic carbocycles. The van der Waals surface area contributed by atoms with Gasteiger partial charge in [0.15, 0.2) is 5.82 Å². The van der Waals surface area contributed by atoms with E-state index >= 15 is 0 Å². The Labute approximate surface area is 193 Å². The van der Waals surface area contributed by atoms with Crippen LogP contribution in [0.3, 0.4) is 0 Å². The molecule has 1 saturated carbocycles. The smallest absolute Gasteiger partial charge is 0.370 e. The molecule has 0 bridgehead atoms. The summed E-state index contributed by atoms with van der Waals surface area (Å²) < 4.78 is 44.5. The molecule has 0 amide bonds. The molecule has 33 heavy (non-hydrogen) atoms. The van der Waals surface area contributed by atoms with Crippen LogP contribution in [0.2, 0.25) is 5.02 Å². The van der Waals surface area contributed by atoms with E-state index in [1.165, 1.54) is 12.1 Å². The molecule has 0 spiro atoms. The van der Waals surface area contributed by atoms with Gasteiger partial charge in [-0.15, -0.1) is 0 Å². The van der Waals surface area contributed by atoms with Crippen molar-refractivity contribution in [2.24, 2.45) is 0 Å². The Bertz CT molecular complexity index is 1150. The average Bonchev–Trinajstić information content (AvgIpc) is 3.62. The summed E-state index contributed by atoms with van der Waals surface area (Å²) in [5, 5.41) is 3.75. The Morgan fingerprint density at radius 3 is 2.61 bits per heavy atom. The molecule has 1 aliphatic heterocycles. The van der Waals surface area contributed by atoms with E-state index in [0.29, 0.717) is 47.7 Å². The van der Waals surface area contributed by atoms with Crippen molar-refractivity contribution in [1.82, 2.24) is 15.0 Å². The number of anilines is 3. The Kier molecular flexibility index (Phi) is 5.84. The van der Waals surface area contributed by atoms with Gasteiger partial charge in [-0.2, -0.15) is 13.2 Å². The highest BCUT2D eigenvalue weighted by molar-refractivity contribution is 6.32. The van der Waals surface area contributed by atoms with Crippen LogP contribution in [-0.2, 0) is 30.5 Å². The number of benzene rings is 1. The number of rotatable bonds is 6. The van der Waals surface area contributed by atoms with Crippen LogP contribution in [0.1, 0.15) is 35.5 Å². The molecule has 2 aromatic heterocycles. The van der Waals surface area contributed by atoms with E-state index in [4.69, 9.17) is 21.3 Å². The number of halogens is 4. The van der Waals surface area contributed by atoms with Crippen molar-refractivity contribution in [3.8, 4) is 0 Å². The van der Waals surface area contributed by atoms with Crippen molar-refractivity contribution in [1.29, 1.82) is 0 Å². The number of hydrogen-bond donors (Lipinski definition) is 1. The minimum atomic E-state index is -4.38. The zero-order valence-corrected chi connectivity index (χ0v) is 18.3. The minimum absolute atomic E-state index is 0.250. The van der Waals surface area contributed by atoms with Gasteiger partial charge in [0, 0.05) is 24.0 Å². The van der Waals surface area contributed by atoms with Gasteiger partial charge in [0.2, 0.25) is 0 Å². The van der Waals surface area contributed by atoms with E-state index in [9.17, 15) is 13.2 Å². The first kappa shape index (κ1) is 21.9. The molecule has 0 unspecified atom stereocenters. The fourth-order valence-corrected chi connectivity index (χ4v) is 3.99. The lowest BCUT2D eigenvalue weighted by Gasteiger charge is -2.30. The lowest BCUT2D eigenvalue weighted by atomic mass is 10.0. The van der Waals surface area contributed by atoms with Crippen LogP contribution < -0.4 is 10.2 Å².